The monoisotopic (exact) mass is 87.1 g/mol. The van der Waals surface area contributed by atoms with Gasteiger partial charge in [0.2, 0.25) is 0 Å². The Labute approximate surface area is 37.3 Å². The van der Waals surface area contributed by atoms with E-state index >= 15 is 0 Å². The lowest BCUT2D eigenvalue weighted by Gasteiger charge is -1.58. The van der Waals surface area contributed by atoms with Crippen molar-refractivity contribution in [2.45, 2.75) is 18.9 Å². The molecule has 1 saturated carbocycles. The van der Waals surface area contributed by atoms with Crippen molar-refractivity contribution in [3.63, 3.8) is 0 Å². The molecular formula is C4H9NO. The Hall–Kier alpha value is -0.370. The van der Waals surface area contributed by atoms with Crippen LogP contribution in [0.5, 0.6) is 0 Å². The Morgan fingerprint density at radius 3 is 1.67 bits per heavy atom. The molecule has 2 heteroatoms. The first kappa shape index (κ1) is 5.63. The highest BCUT2D eigenvalue weighted by atomic mass is 16.1. The molecule has 0 amide bonds. The first-order chi connectivity index (χ1) is 2.89. The van der Waals surface area contributed by atoms with Gasteiger partial charge in [0.25, 0.3) is 0 Å². The number of carbonyl (C=O) groups is 1. The van der Waals surface area contributed by atoms with Crippen LogP contribution in [-0.2, 0) is 4.79 Å². The number of rotatable bonds is 0. The van der Waals surface area contributed by atoms with Crippen molar-refractivity contribution in [1.82, 2.24) is 0 Å². The fourth-order valence-electron chi connectivity index (χ4n) is 0.0962. The van der Waals surface area contributed by atoms with Crippen molar-refractivity contribution in [1.29, 1.82) is 0 Å². The van der Waals surface area contributed by atoms with Crippen LogP contribution in [0.1, 0.15) is 12.8 Å². The van der Waals surface area contributed by atoms with E-state index in [9.17, 15) is 0 Å². The summed E-state index contributed by atoms with van der Waals surface area (Å²) in [6, 6.07) is 0.583. The number of hydrogen-bond acceptors (Lipinski definition) is 2. The van der Waals surface area contributed by atoms with Crippen molar-refractivity contribution >= 4 is 6.79 Å². The highest BCUT2D eigenvalue weighted by Gasteiger charge is 2.13. The number of hydrogen-bond donors (Lipinski definition) is 1. The van der Waals surface area contributed by atoms with Gasteiger partial charge in [-0.1, -0.05) is 0 Å². The Morgan fingerprint density at radius 1 is 1.50 bits per heavy atom. The lowest BCUT2D eigenvalue weighted by Crippen LogP contribution is -1.94. The van der Waals surface area contributed by atoms with E-state index in [0.29, 0.717) is 6.04 Å². The molecule has 1 aliphatic carbocycles. The lowest BCUT2D eigenvalue weighted by molar-refractivity contribution is -0.0979. The molecule has 0 aromatic heterocycles. The third-order valence-electron chi connectivity index (χ3n) is 0.622. The maximum atomic E-state index is 8.00. The van der Waals surface area contributed by atoms with Gasteiger partial charge in [0.1, 0.15) is 6.79 Å². The Kier molecular flexibility index (Phi) is 2.67. The van der Waals surface area contributed by atoms with Crippen LogP contribution in [0.3, 0.4) is 0 Å². The summed E-state index contributed by atoms with van der Waals surface area (Å²) >= 11 is 0. The SMILES string of the molecule is C=O.NC1CC1. The molecule has 2 N–H and O–H groups in total. The van der Waals surface area contributed by atoms with Crippen LogP contribution >= 0.6 is 0 Å². The zero-order valence-electron chi connectivity index (χ0n) is 3.68. The summed E-state index contributed by atoms with van der Waals surface area (Å²) in [4.78, 5) is 8.00. The van der Waals surface area contributed by atoms with Gasteiger partial charge in [-0.05, 0) is 12.8 Å². The molecule has 0 bridgehead atoms. The van der Waals surface area contributed by atoms with Gasteiger partial charge >= 0.3 is 0 Å². The number of nitrogens with two attached hydrogens (primary N) is 1. The van der Waals surface area contributed by atoms with Crippen molar-refractivity contribution in [2.24, 2.45) is 5.73 Å². The molecule has 0 aromatic rings. The van der Waals surface area contributed by atoms with Crippen LogP contribution in [0.2, 0.25) is 0 Å². The molecule has 1 rings (SSSR count). The van der Waals surface area contributed by atoms with Crippen LogP contribution < -0.4 is 5.73 Å². The second-order valence-corrected chi connectivity index (χ2v) is 1.34. The van der Waals surface area contributed by atoms with Gasteiger partial charge in [0, 0.05) is 6.04 Å². The minimum absolute atomic E-state index is 0.583. The van der Waals surface area contributed by atoms with Crippen LogP contribution in [-0.4, -0.2) is 12.8 Å². The minimum Gasteiger partial charge on any atom is -0.328 e. The van der Waals surface area contributed by atoms with E-state index in [2.05, 4.69) is 0 Å². The molecule has 36 valence electrons. The third-order valence-corrected chi connectivity index (χ3v) is 0.622. The fourth-order valence-corrected chi connectivity index (χ4v) is 0.0962. The molecule has 0 unspecified atom stereocenters. The minimum atomic E-state index is 0.583. The standard InChI is InChI=1S/C3H7N.CH2O/c4-3-1-2-3;1-2/h3H,1-2,4H2;1H2. The molecule has 2 nitrogen and oxygen atoms in total. The Bertz CT molecular complexity index is 34.5. The average Bonchev–Trinajstić information content (AvgIpc) is 2.30. The van der Waals surface area contributed by atoms with Crippen molar-refractivity contribution in [2.75, 3.05) is 0 Å². The summed E-state index contributed by atoms with van der Waals surface area (Å²) in [5.74, 6) is 0. The average molecular weight is 87.1 g/mol. The van der Waals surface area contributed by atoms with E-state index < -0.39 is 0 Å². The van der Waals surface area contributed by atoms with E-state index in [0.717, 1.165) is 0 Å². The van der Waals surface area contributed by atoms with Gasteiger partial charge in [-0.3, -0.25) is 0 Å². The van der Waals surface area contributed by atoms with Gasteiger partial charge < -0.3 is 10.5 Å². The fraction of sp³-hybridized carbons (Fsp3) is 0.750. The molecule has 1 aliphatic rings. The zero-order chi connectivity index (χ0) is 4.99. The molecule has 0 aliphatic heterocycles. The largest absolute Gasteiger partial charge is 0.328 e. The van der Waals surface area contributed by atoms with E-state index in [4.69, 9.17) is 10.5 Å². The van der Waals surface area contributed by atoms with Gasteiger partial charge in [0.15, 0.2) is 0 Å². The van der Waals surface area contributed by atoms with E-state index in [1.807, 2.05) is 6.79 Å². The number of carbonyl (C=O) groups excluding carboxylic acids is 1. The quantitative estimate of drug-likeness (QED) is 0.449. The molecule has 0 saturated heterocycles. The molecule has 0 spiro atoms. The highest BCUT2D eigenvalue weighted by molar-refractivity contribution is 5.10. The summed E-state index contributed by atoms with van der Waals surface area (Å²) in [6.45, 7) is 2.00. The first-order valence-corrected chi connectivity index (χ1v) is 1.94. The maximum absolute atomic E-state index is 8.00. The van der Waals surface area contributed by atoms with Gasteiger partial charge in [-0.25, -0.2) is 0 Å². The second kappa shape index (κ2) is 2.85. The summed E-state index contributed by atoms with van der Waals surface area (Å²) in [5, 5.41) is 0. The Morgan fingerprint density at radius 2 is 1.67 bits per heavy atom. The maximum Gasteiger partial charge on any atom is 0.106 e. The Balaban J connectivity index is 0.000000112. The highest BCUT2D eigenvalue weighted by Crippen LogP contribution is 2.13. The summed E-state index contributed by atoms with van der Waals surface area (Å²) in [6.07, 6.45) is 2.53. The van der Waals surface area contributed by atoms with Crippen LogP contribution in [0, 0.1) is 0 Å². The molecule has 0 heterocycles. The van der Waals surface area contributed by atoms with Crippen molar-refractivity contribution in [3.8, 4) is 0 Å². The van der Waals surface area contributed by atoms with E-state index in [-0.39, 0.29) is 0 Å². The predicted octanol–water partition coefficient (Wildman–Crippen LogP) is -0.0774. The third kappa shape index (κ3) is 3.63. The predicted molar refractivity (Wildman–Crippen MR) is 24.3 cm³/mol. The lowest BCUT2D eigenvalue weighted by atomic mass is 10.8. The zero-order valence-corrected chi connectivity index (χ0v) is 3.68. The van der Waals surface area contributed by atoms with Gasteiger partial charge in [0.05, 0.1) is 0 Å². The van der Waals surface area contributed by atoms with E-state index in [1.54, 1.807) is 0 Å². The van der Waals surface area contributed by atoms with Crippen LogP contribution in [0.25, 0.3) is 0 Å². The first-order valence-electron chi connectivity index (χ1n) is 1.94. The smallest absolute Gasteiger partial charge is 0.106 e. The second-order valence-electron chi connectivity index (χ2n) is 1.34. The molecular weight excluding hydrogens is 78.0 g/mol. The van der Waals surface area contributed by atoms with E-state index in [1.165, 1.54) is 12.8 Å². The molecule has 0 aromatic carbocycles. The van der Waals surface area contributed by atoms with Crippen LogP contribution in [0.15, 0.2) is 0 Å². The topological polar surface area (TPSA) is 43.1 Å². The molecule has 0 atom stereocenters. The summed E-state index contributed by atoms with van der Waals surface area (Å²) in [7, 11) is 0. The van der Waals surface area contributed by atoms with Crippen molar-refractivity contribution < 1.29 is 4.79 Å². The van der Waals surface area contributed by atoms with Crippen molar-refractivity contribution in [3.05, 3.63) is 0 Å². The molecule has 1 fully saturated rings. The normalized spacial score (nSPS) is 18.2. The van der Waals surface area contributed by atoms with Crippen LogP contribution in [0.4, 0.5) is 0 Å². The van der Waals surface area contributed by atoms with Gasteiger partial charge in [-0.15, -0.1) is 0 Å². The molecule has 6 heavy (non-hydrogen) atoms. The summed E-state index contributed by atoms with van der Waals surface area (Å²) < 4.78 is 0. The van der Waals surface area contributed by atoms with Gasteiger partial charge in [-0.2, -0.15) is 0 Å². The summed E-state index contributed by atoms with van der Waals surface area (Å²) in [5.41, 5.74) is 5.22. The molecule has 0 radical (unpaired) electrons.